The molecule has 1 aromatic rings. The van der Waals surface area contributed by atoms with Crippen molar-refractivity contribution in [3.63, 3.8) is 0 Å². The van der Waals surface area contributed by atoms with Crippen molar-refractivity contribution in [2.24, 2.45) is 5.41 Å². The van der Waals surface area contributed by atoms with Crippen LogP contribution in [0.25, 0.3) is 0 Å². The average molecular weight is 257 g/mol. The van der Waals surface area contributed by atoms with Gasteiger partial charge in [-0.2, -0.15) is 0 Å². The minimum Gasteiger partial charge on any atom is -0.396 e. The Bertz CT molecular complexity index is 277. The minimum absolute atomic E-state index is 0.0348. The summed E-state index contributed by atoms with van der Waals surface area (Å²) in [7, 11) is 0. The zero-order valence-corrected chi connectivity index (χ0v) is 10.3. The zero-order chi connectivity index (χ0) is 10.6. The van der Waals surface area contributed by atoms with E-state index < -0.39 is 0 Å². The maximum atomic E-state index is 9.11. The summed E-state index contributed by atoms with van der Waals surface area (Å²) in [5, 5.41) is 9.11. The van der Waals surface area contributed by atoms with E-state index in [0.29, 0.717) is 0 Å². The molecule has 0 aliphatic heterocycles. The molecular formula is C12H17BrO. The van der Waals surface area contributed by atoms with Crippen LogP contribution in [0, 0.1) is 5.41 Å². The summed E-state index contributed by atoms with van der Waals surface area (Å²) in [6.07, 6.45) is 2.05. The van der Waals surface area contributed by atoms with Crippen molar-refractivity contribution in [2.75, 3.05) is 6.61 Å². The van der Waals surface area contributed by atoms with Crippen LogP contribution in [0.3, 0.4) is 0 Å². The summed E-state index contributed by atoms with van der Waals surface area (Å²) in [5.74, 6) is 0. The second kappa shape index (κ2) is 4.94. The first kappa shape index (κ1) is 11.7. The third kappa shape index (κ3) is 3.81. The molecule has 0 unspecified atom stereocenters. The van der Waals surface area contributed by atoms with Gasteiger partial charge in [0, 0.05) is 11.1 Å². The Hall–Kier alpha value is -0.340. The summed E-state index contributed by atoms with van der Waals surface area (Å²) in [5.41, 5.74) is 1.36. The quantitative estimate of drug-likeness (QED) is 0.876. The van der Waals surface area contributed by atoms with E-state index in [4.69, 9.17) is 5.11 Å². The Morgan fingerprint density at radius 2 is 1.79 bits per heavy atom. The zero-order valence-electron chi connectivity index (χ0n) is 8.76. The molecule has 0 spiro atoms. The SMILES string of the molecule is CC(C)(CO)CCc1ccc(Br)cc1. The van der Waals surface area contributed by atoms with Crippen molar-refractivity contribution in [1.82, 2.24) is 0 Å². The van der Waals surface area contributed by atoms with Crippen molar-refractivity contribution in [2.45, 2.75) is 26.7 Å². The van der Waals surface area contributed by atoms with E-state index in [1.165, 1.54) is 5.56 Å². The van der Waals surface area contributed by atoms with Crippen LogP contribution in [0.15, 0.2) is 28.7 Å². The highest BCUT2D eigenvalue weighted by Gasteiger charge is 2.15. The number of hydrogen-bond acceptors (Lipinski definition) is 1. The molecule has 0 bridgehead atoms. The van der Waals surface area contributed by atoms with Crippen LogP contribution in [0.2, 0.25) is 0 Å². The van der Waals surface area contributed by atoms with Crippen LogP contribution >= 0.6 is 15.9 Å². The van der Waals surface area contributed by atoms with Gasteiger partial charge in [0.05, 0.1) is 0 Å². The van der Waals surface area contributed by atoms with Crippen LogP contribution in [0.5, 0.6) is 0 Å². The van der Waals surface area contributed by atoms with E-state index in [0.717, 1.165) is 17.3 Å². The van der Waals surface area contributed by atoms with Crippen LogP contribution in [0.1, 0.15) is 25.8 Å². The van der Waals surface area contributed by atoms with E-state index in [9.17, 15) is 0 Å². The number of hydrogen-bond donors (Lipinski definition) is 1. The number of rotatable bonds is 4. The van der Waals surface area contributed by atoms with Crippen LogP contribution in [-0.2, 0) is 6.42 Å². The summed E-state index contributed by atoms with van der Waals surface area (Å²) >= 11 is 3.41. The monoisotopic (exact) mass is 256 g/mol. The lowest BCUT2D eigenvalue weighted by molar-refractivity contribution is 0.151. The first-order chi connectivity index (χ1) is 6.53. The van der Waals surface area contributed by atoms with Gasteiger partial charge in [0.2, 0.25) is 0 Å². The molecule has 1 rings (SSSR count). The Morgan fingerprint density at radius 1 is 1.21 bits per heavy atom. The summed E-state index contributed by atoms with van der Waals surface area (Å²) < 4.78 is 1.11. The molecule has 0 amide bonds. The summed E-state index contributed by atoms with van der Waals surface area (Å²) in [4.78, 5) is 0. The predicted octanol–water partition coefficient (Wildman–Crippen LogP) is 3.40. The van der Waals surface area contributed by atoms with Gasteiger partial charge in [-0.15, -0.1) is 0 Å². The van der Waals surface area contributed by atoms with Crippen molar-refractivity contribution < 1.29 is 5.11 Å². The van der Waals surface area contributed by atoms with E-state index in [1.807, 2.05) is 0 Å². The third-order valence-corrected chi connectivity index (χ3v) is 2.96. The van der Waals surface area contributed by atoms with Gasteiger partial charge in [-0.3, -0.25) is 0 Å². The van der Waals surface area contributed by atoms with Crippen molar-refractivity contribution in [1.29, 1.82) is 0 Å². The molecule has 78 valence electrons. The standard InChI is InChI=1S/C12H17BrO/c1-12(2,9-14)8-7-10-3-5-11(13)6-4-10/h3-6,14H,7-9H2,1-2H3. The number of benzene rings is 1. The van der Waals surface area contributed by atoms with Crippen LogP contribution in [-0.4, -0.2) is 11.7 Å². The molecule has 0 fully saturated rings. The Kier molecular flexibility index (Phi) is 4.14. The van der Waals surface area contributed by atoms with Gasteiger partial charge in [0.1, 0.15) is 0 Å². The predicted molar refractivity (Wildman–Crippen MR) is 63.3 cm³/mol. The molecule has 0 heterocycles. The Morgan fingerprint density at radius 3 is 2.29 bits per heavy atom. The normalized spacial score (nSPS) is 11.7. The molecule has 0 aliphatic rings. The molecule has 1 aromatic carbocycles. The Labute approximate surface area is 94.3 Å². The maximum Gasteiger partial charge on any atom is 0.0482 e. The minimum atomic E-state index is 0.0348. The number of aliphatic hydroxyl groups excluding tert-OH is 1. The molecule has 0 saturated heterocycles. The fourth-order valence-electron chi connectivity index (χ4n) is 1.21. The number of aryl methyl sites for hydroxylation is 1. The maximum absolute atomic E-state index is 9.11. The number of aliphatic hydroxyl groups is 1. The van der Waals surface area contributed by atoms with Crippen LogP contribution in [0.4, 0.5) is 0 Å². The molecule has 2 heteroatoms. The molecule has 0 atom stereocenters. The third-order valence-electron chi connectivity index (χ3n) is 2.43. The molecule has 0 aromatic heterocycles. The highest BCUT2D eigenvalue weighted by molar-refractivity contribution is 9.10. The Balaban J connectivity index is 2.50. The fourth-order valence-corrected chi connectivity index (χ4v) is 1.48. The van der Waals surface area contributed by atoms with Gasteiger partial charge in [0.15, 0.2) is 0 Å². The fraction of sp³-hybridized carbons (Fsp3) is 0.500. The first-order valence-corrected chi connectivity index (χ1v) is 5.68. The van der Waals surface area contributed by atoms with Gasteiger partial charge in [-0.25, -0.2) is 0 Å². The van der Waals surface area contributed by atoms with E-state index >= 15 is 0 Å². The van der Waals surface area contributed by atoms with Crippen molar-refractivity contribution in [3.8, 4) is 0 Å². The highest BCUT2D eigenvalue weighted by atomic mass is 79.9. The van der Waals surface area contributed by atoms with Crippen molar-refractivity contribution >= 4 is 15.9 Å². The smallest absolute Gasteiger partial charge is 0.0482 e. The lowest BCUT2D eigenvalue weighted by Gasteiger charge is -2.21. The van der Waals surface area contributed by atoms with Crippen LogP contribution < -0.4 is 0 Å². The molecule has 0 saturated carbocycles. The molecule has 0 aliphatic carbocycles. The first-order valence-electron chi connectivity index (χ1n) is 4.89. The lowest BCUT2D eigenvalue weighted by atomic mass is 9.87. The second-order valence-electron chi connectivity index (χ2n) is 4.45. The van der Waals surface area contributed by atoms with Gasteiger partial charge in [0.25, 0.3) is 0 Å². The van der Waals surface area contributed by atoms with E-state index in [2.05, 4.69) is 54.0 Å². The summed E-state index contributed by atoms with van der Waals surface area (Å²) in [6.45, 7) is 4.43. The van der Waals surface area contributed by atoms with E-state index in [1.54, 1.807) is 0 Å². The van der Waals surface area contributed by atoms with E-state index in [-0.39, 0.29) is 12.0 Å². The average Bonchev–Trinajstić information content (AvgIpc) is 2.17. The topological polar surface area (TPSA) is 20.2 Å². The van der Waals surface area contributed by atoms with Gasteiger partial charge >= 0.3 is 0 Å². The molecule has 0 radical (unpaired) electrons. The van der Waals surface area contributed by atoms with Gasteiger partial charge in [-0.05, 0) is 36.0 Å². The highest BCUT2D eigenvalue weighted by Crippen LogP contribution is 2.22. The largest absolute Gasteiger partial charge is 0.396 e. The molecule has 1 N–H and O–H groups in total. The van der Waals surface area contributed by atoms with Gasteiger partial charge < -0.3 is 5.11 Å². The number of halogens is 1. The second-order valence-corrected chi connectivity index (χ2v) is 5.36. The van der Waals surface area contributed by atoms with Crippen molar-refractivity contribution in [3.05, 3.63) is 34.3 Å². The molecule has 14 heavy (non-hydrogen) atoms. The molecule has 1 nitrogen and oxygen atoms in total. The summed E-state index contributed by atoms with van der Waals surface area (Å²) in [6, 6.07) is 8.36. The molecular weight excluding hydrogens is 240 g/mol. The lowest BCUT2D eigenvalue weighted by Crippen LogP contribution is -2.17. The van der Waals surface area contributed by atoms with Gasteiger partial charge in [-0.1, -0.05) is 41.9 Å².